The van der Waals surface area contributed by atoms with Crippen LogP contribution >= 0.6 is 0 Å². The van der Waals surface area contributed by atoms with Crippen LogP contribution in [-0.2, 0) is 33.3 Å². The van der Waals surface area contributed by atoms with Crippen molar-refractivity contribution < 1.29 is 42.9 Å². The molecule has 0 spiro atoms. The molecule has 0 aromatic carbocycles. The van der Waals surface area contributed by atoms with Gasteiger partial charge in [-0.3, -0.25) is 9.59 Å². The summed E-state index contributed by atoms with van der Waals surface area (Å²) in [6, 6.07) is 0. The van der Waals surface area contributed by atoms with E-state index >= 15 is 0 Å². The van der Waals surface area contributed by atoms with Crippen LogP contribution in [0.25, 0.3) is 0 Å². The lowest BCUT2D eigenvalue weighted by Crippen LogP contribution is -2.44. The summed E-state index contributed by atoms with van der Waals surface area (Å²) in [4.78, 5) is 37.6. The topological polar surface area (TPSA) is 111 Å². The summed E-state index contributed by atoms with van der Waals surface area (Å²) >= 11 is 0. The Morgan fingerprint density at radius 2 is 0.626 bits per heavy atom. The van der Waals surface area contributed by atoms with E-state index in [1.807, 2.05) is 21.1 Å². The molecule has 0 fully saturated rings. The van der Waals surface area contributed by atoms with Crippen molar-refractivity contribution in [3.8, 4) is 0 Å². The quantitative estimate of drug-likeness (QED) is 0.0195. The van der Waals surface area contributed by atoms with Gasteiger partial charge in [0.25, 0.3) is 0 Å². The minimum Gasteiger partial charge on any atom is -0.545 e. The Kier molecular flexibility index (Phi) is 69.5. The maximum atomic E-state index is 12.9. The van der Waals surface area contributed by atoms with Crippen LogP contribution in [0.1, 0.15) is 361 Å². The number of carbonyl (C=O) groups is 3. The molecule has 0 rings (SSSR count). The van der Waals surface area contributed by atoms with E-state index in [1.54, 1.807) is 0 Å². The van der Waals surface area contributed by atoms with Crippen LogP contribution in [0, 0.1) is 0 Å². The van der Waals surface area contributed by atoms with Crippen LogP contribution in [0.3, 0.4) is 0 Å². The number of quaternary nitrogens is 1. The standard InChI is InChI=1S/C82H147NO8/c1-6-8-10-12-14-16-18-20-22-24-26-28-30-32-34-35-36-37-38-39-40-41-42-43-44-45-47-48-50-52-54-56-58-60-62-64-66-68-70-72-79(84)89-76-78(77-90-82(81(86)87)88-75-74-83(3,4)5)91-80(85)73-71-69-67-65-63-61-59-57-55-53-51-49-46-33-31-29-27-25-23-21-19-17-15-13-11-9-7-2/h9,11,15,17-18,20-21,23-24,26-27,29,33,46,78,82H,6-8,10,12-14,16,19,22,25,28,30-32,34-45,47-77H2,1-5H3/b11-9-,17-15-,20-18-,23-21-,26-24-,29-27-,46-33-. The molecule has 9 nitrogen and oxygen atoms in total. The van der Waals surface area contributed by atoms with E-state index in [0.29, 0.717) is 23.9 Å². The molecule has 0 saturated carbocycles. The molecule has 0 bridgehead atoms. The SMILES string of the molecule is CC/C=C\C/C=C\C/C=C\C/C=C\C/C=C\CCCCCCCCCCCCCC(=O)OC(COC(=O)CCCCCCCCCCCCCCCCCCCCCCCCCCCCC/C=C\C/C=C\CCCCCCC)COC(OCC[N+](C)(C)C)C(=O)[O-]. The molecule has 0 aliphatic rings. The van der Waals surface area contributed by atoms with E-state index in [4.69, 9.17) is 18.9 Å². The lowest BCUT2D eigenvalue weighted by molar-refractivity contribution is -0.870. The predicted octanol–water partition coefficient (Wildman–Crippen LogP) is 23.3. The van der Waals surface area contributed by atoms with Crippen molar-refractivity contribution in [3.63, 3.8) is 0 Å². The van der Waals surface area contributed by atoms with Gasteiger partial charge < -0.3 is 33.3 Å². The first-order valence-corrected chi connectivity index (χ1v) is 38.7. The van der Waals surface area contributed by atoms with Gasteiger partial charge in [-0.1, -0.05) is 343 Å². The van der Waals surface area contributed by atoms with E-state index in [1.165, 1.54) is 244 Å². The normalized spacial score (nSPS) is 13.1. The van der Waals surface area contributed by atoms with Crippen LogP contribution in [0.5, 0.6) is 0 Å². The third-order valence-corrected chi connectivity index (χ3v) is 17.1. The second-order valence-electron chi connectivity index (χ2n) is 27.3. The molecule has 0 saturated heterocycles. The van der Waals surface area contributed by atoms with Gasteiger partial charge in [0.1, 0.15) is 13.2 Å². The van der Waals surface area contributed by atoms with Gasteiger partial charge in [0.15, 0.2) is 12.4 Å². The fourth-order valence-electron chi connectivity index (χ4n) is 11.2. The van der Waals surface area contributed by atoms with Crippen LogP contribution in [0.2, 0.25) is 0 Å². The van der Waals surface area contributed by atoms with Crippen molar-refractivity contribution >= 4 is 17.9 Å². The van der Waals surface area contributed by atoms with Gasteiger partial charge >= 0.3 is 11.9 Å². The largest absolute Gasteiger partial charge is 0.545 e. The van der Waals surface area contributed by atoms with E-state index < -0.39 is 24.3 Å². The van der Waals surface area contributed by atoms with Gasteiger partial charge in [0.05, 0.1) is 40.3 Å². The molecule has 0 heterocycles. The average molecular weight is 1280 g/mol. The van der Waals surface area contributed by atoms with Gasteiger partial charge in [-0.25, -0.2) is 0 Å². The van der Waals surface area contributed by atoms with Crippen molar-refractivity contribution in [2.75, 3.05) is 47.5 Å². The lowest BCUT2D eigenvalue weighted by Gasteiger charge is -2.26. The predicted molar refractivity (Wildman–Crippen MR) is 389 cm³/mol. The number of carboxylic acids is 1. The Morgan fingerprint density at radius 3 is 0.934 bits per heavy atom. The minimum absolute atomic E-state index is 0.146. The second kappa shape index (κ2) is 72.3. The Labute approximate surface area is 563 Å². The zero-order valence-electron chi connectivity index (χ0n) is 60.5. The van der Waals surface area contributed by atoms with Crippen LogP contribution in [-0.4, -0.2) is 82.3 Å². The van der Waals surface area contributed by atoms with Crippen molar-refractivity contribution in [3.05, 3.63) is 85.1 Å². The van der Waals surface area contributed by atoms with Crippen LogP contribution < -0.4 is 5.11 Å². The number of unbranched alkanes of at least 4 members (excludes halogenated alkanes) is 43. The first-order chi connectivity index (χ1) is 44.6. The fraction of sp³-hybridized carbons (Fsp3) is 0.793. The first-order valence-electron chi connectivity index (χ1n) is 38.7. The van der Waals surface area contributed by atoms with Gasteiger partial charge in [-0.15, -0.1) is 0 Å². The first kappa shape index (κ1) is 87.5. The highest BCUT2D eigenvalue weighted by Crippen LogP contribution is 2.19. The molecule has 0 amide bonds. The monoisotopic (exact) mass is 1270 g/mol. The molecule has 0 aliphatic carbocycles. The number of hydrogen-bond acceptors (Lipinski definition) is 8. The molecule has 0 aromatic heterocycles. The molecule has 0 aliphatic heterocycles. The molecule has 0 aromatic rings. The van der Waals surface area contributed by atoms with Crippen LogP contribution in [0.15, 0.2) is 85.1 Å². The van der Waals surface area contributed by atoms with Crippen molar-refractivity contribution in [1.82, 2.24) is 0 Å². The number of ether oxygens (including phenoxy) is 4. The number of nitrogens with zero attached hydrogens (tertiary/aromatic N) is 1. The summed E-state index contributed by atoms with van der Waals surface area (Å²) in [6.07, 6.45) is 95.6. The maximum Gasteiger partial charge on any atom is 0.306 e. The lowest BCUT2D eigenvalue weighted by atomic mass is 10.0. The summed E-state index contributed by atoms with van der Waals surface area (Å²) in [5, 5.41) is 11.8. The number of carbonyl (C=O) groups excluding carboxylic acids is 3. The highest BCUT2D eigenvalue weighted by Gasteiger charge is 2.22. The van der Waals surface area contributed by atoms with Crippen LogP contribution in [0.4, 0.5) is 0 Å². The molecule has 2 atom stereocenters. The molecule has 9 heteroatoms. The summed E-state index contributed by atoms with van der Waals surface area (Å²) in [6.45, 7) is 4.67. The van der Waals surface area contributed by atoms with Gasteiger partial charge in [-0.2, -0.15) is 0 Å². The van der Waals surface area contributed by atoms with Gasteiger partial charge in [0, 0.05) is 12.8 Å². The molecule has 528 valence electrons. The average Bonchev–Trinajstić information content (AvgIpc) is 3.46. The molecule has 0 radical (unpaired) electrons. The highest BCUT2D eigenvalue weighted by molar-refractivity contribution is 5.70. The Hall–Kier alpha value is -3.53. The molecular weight excluding hydrogens is 1130 g/mol. The zero-order chi connectivity index (χ0) is 66.1. The molecule has 91 heavy (non-hydrogen) atoms. The molecular formula is C82H147NO8. The third kappa shape index (κ3) is 73.7. The van der Waals surface area contributed by atoms with E-state index in [-0.39, 0.29) is 32.2 Å². The number of rotatable bonds is 72. The highest BCUT2D eigenvalue weighted by atomic mass is 16.7. The molecule has 0 N–H and O–H groups in total. The Bertz CT molecular complexity index is 1770. The Morgan fingerprint density at radius 1 is 0.341 bits per heavy atom. The third-order valence-electron chi connectivity index (χ3n) is 17.1. The smallest absolute Gasteiger partial charge is 0.306 e. The summed E-state index contributed by atoms with van der Waals surface area (Å²) < 4.78 is 22.8. The number of allylic oxidation sites excluding steroid dienone is 14. The van der Waals surface area contributed by atoms with Gasteiger partial charge in [0.2, 0.25) is 0 Å². The van der Waals surface area contributed by atoms with E-state index in [0.717, 1.165) is 83.5 Å². The summed E-state index contributed by atoms with van der Waals surface area (Å²) in [5.41, 5.74) is 0. The van der Waals surface area contributed by atoms with Gasteiger partial charge in [-0.05, 0) is 89.9 Å². The second-order valence-corrected chi connectivity index (χ2v) is 27.3. The number of carboxylic acid groups (broad SMARTS) is 1. The van der Waals surface area contributed by atoms with Crippen molar-refractivity contribution in [2.24, 2.45) is 0 Å². The molecule has 2 unspecified atom stereocenters. The Balaban J connectivity index is 3.99. The van der Waals surface area contributed by atoms with Crippen molar-refractivity contribution in [2.45, 2.75) is 373 Å². The zero-order valence-corrected chi connectivity index (χ0v) is 60.5. The number of hydrogen-bond donors (Lipinski definition) is 0. The number of esters is 2. The summed E-state index contributed by atoms with van der Waals surface area (Å²) in [5.74, 6) is -2.27. The van der Waals surface area contributed by atoms with E-state index in [9.17, 15) is 19.5 Å². The minimum atomic E-state index is -1.63. The summed E-state index contributed by atoms with van der Waals surface area (Å²) in [7, 11) is 5.94. The van der Waals surface area contributed by atoms with Crippen molar-refractivity contribution in [1.29, 1.82) is 0 Å². The van der Waals surface area contributed by atoms with E-state index in [2.05, 4.69) is 98.9 Å². The fourth-order valence-corrected chi connectivity index (χ4v) is 11.2. The maximum absolute atomic E-state index is 12.9. The number of likely N-dealkylation sites (N-methyl/N-ethyl adjacent to an activating group) is 1. The number of aliphatic carboxylic acids is 1.